The number of carbonyl (C=O) groups is 1. The fourth-order valence-electron chi connectivity index (χ4n) is 3.29. The van der Waals surface area contributed by atoms with Gasteiger partial charge in [0.1, 0.15) is 0 Å². The molecule has 7 nitrogen and oxygen atoms in total. The Morgan fingerprint density at radius 1 is 1.20 bits per heavy atom. The molecule has 4 aromatic rings. The molecule has 1 atom stereocenters. The first-order valence-corrected chi connectivity index (χ1v) is 12.0. The minimum atomic E-state index is -0.0617. The third-order valence-corrected chi connectivity index (χ3v) is 7.64. The predicted molar refractivity (Wildman–Crippen MR) is 119 cm³/mol. The van der Waals surface area contributed by atoms with Crippen LogP contribution in [0, 0.1) is 0 Å². The number of aromatic nitrogens is 3. The van der Waals surface area contributed by atoms with Crippen LogP contribution in [-0.2, 0) is 11.8 Å². The highest BCUT2D eigenvalue weighted by Gasteiger charge is 2.34. The summed E-state index contributed by atoms with van der Waals surface area (Å²) in [4.78, 5) is 15.4. The molecule has 10 heteroatoms. The van der Waals surface area contributed by atoms with Crippen LogP contribution in [0.25, 0.3) is 11.6 Å². The molecular formula is C20H17N5O2S3. The van der Waals surface area contributed by atoms with E-state index in [1.54, 1.807) is 33.9 Å². The monoisotopic (exact) mass is 455 g/mol. The quantitative estimate of drug-likeness (QED) is 0.395. The Morgan fingerprint density at radius 3 is 2.80 bits per heavy atom. The lowest BCUT2D eigenvalue weighted by molar-refractivity contribution is -0.130. The number of thiophene rings is 2. The molecule has 4 aromatic heterocycles. The number of hydrogen-bond acceptors (Lipinski definition) is 8. The largest absolute Gasteiger partial charge is 0.461 e. The molecule has 0 spiro atoms. The Labute approximate surface area is 185 Å². The van der Waals surface area contributed by atoms with Gasteiger partial charge in [0, 0.05) is 18.3 Å². The van der Waals surface area contributed by atoms with Crippen molar-refractivity contribution in [3.05, 3.63) is 63.2 Å². The maximum atomic E-state index is 13.1. The molecule has 0 N–H and O–H groups in total. The number of rotatable bonds is 6. The van der Waals surface area contributed by atoms with Crippen molar-refractivity contribution in [1.82, 2.24) is 19.8 Å². The van der Waals surface area contributed by atoms with E-state index in [9.17, 15) is 4.79 Å². The van der Waals surface area contributed by atoms with Crippen molar-refractivity contribution in [1.29, 1.82) is 0 Å². The third-order valence-electron chi connectivity index (χ3n) is 4.74. The lowest BCUT2D eigenvalue weighted by atomic mass is 10.1. The number of hydrazone groups is 1. The lowest BCUT2D eigenvalue weighted by Crippen LogP contribution is -2.28. The number of thioether (sulfide) groups is 1. The van der Waals surface area contributed by atoms with Crippen LogP contribution in [0.5, 0.6) is 0 Å². The molecule has 5 heterocycles. The normalized spacial score (nSPS) is 16.2. The molecule has 1 aliphatic rings. The van der Waals surface area contributed by atoms with Gasteiger partial charge in [0.15, 0.2) is 16.7 Å². The SMILES string of the molecule is Cn1c(SCC(=O)N2N=C(c3cccs3)CC2c2cccs2)nnc1-c1ccco1. The predicted octanol–water partition coefficient (Wildman–Crippen LogP) is 4.67. The van der Waals surface area contributed by atoms with Crippen LogP contribution in [-0.4, -0.2) is 37.1 Å². The van der Waals surface area contributed by atoms with Crippen LogP contribution < -0.4 is 0 Å². The van der Waals surface area contributed by atoms with Gasteiger partial charge in [-0.15, -0.1) is 32.9 Å². The summed E-state index contributed by atoms with van der Waals surface area (Å²) in [5.74, 6) is 1.46. The Morgan fingerprint density at radius 2 is 2.07 bits per heavy atom. The van der Waals surface area contributed by atoms with Crippen LogP contribution in [0.3, 0.4) is 0 Å². The average Bonchev–Trinajstić information content (AvgIpc) is 3.56. The van der Waals surface area contributed by atoms with Crippen LogP contribution in [0.15, 0.2) is 68.1 Å². The first-order chi connectivity index (χ1) is 14.7. The highest BCUT2D eigenvalue weighted by Crippen LogP contribution is 2.36. The second kappa shape index (κ2) is 8.21. The Hall–Kier alpha value is -2.69. The second-order valence-electron chi connectivity index (χ2n) is 6.63. The zero-order valence-electron chi connectivity index (χ0n) is 16.0. The van der Waals surface area contributed by atoms with E-state index >= 15 is 0 Å². The minimum Gasteiger partial charge on any atom is -0.461 e. The Kier molecular flexibility index (Phi) is 5.28. The molecule has 1 aliphatic heterocycles. The number of carbonyl (C=O) groups excluding carboxylic acids is 1. The van der Waals surface area contributed by atoms with Gasteiger partial charge in [-0.2, -0.15) is 5.10 Å². The van der Waals surface area contributed by atoms with Gasteiger partial charge in [-0.25, -0.2) is 5.01 Å². The summed E-state index contributed by atoms with van der Waals surface area (Å²) in [6.45, 7) is 0. The van der Waals surface area contributed by atoms with Gasteiger partial charge in [-0.1, -0.05) is 23.9 Å². The van der Waals surface area contributed by atoms with Crippen LogP contribution >= 0.6 is 34.4 Å². The first kappa shape index (κ1) is 19.3. The maximum Gasteiger partial charge on any atom is 0.253 e. The van der Waals surface area contributed by atoms with Gasteiger partial charge in [0.25, 0.3) is 5.91 Å². The third kappa shape index (κ3) is 3.62. The van der Waals surface area contributed by atoms with Crippen molar-refractivity contribution in [2.24, 2.45) is 12.1 Å². The van der Waals surface area contributed by atoms with E-state index in [-0.39, 0.29) is 17.7 Å². The van der Waals surface area contributed by atoms with Crippen molar-refractivity contribution in [2.75, 3.05) is 5.75 Å². The topological polar surface area (TPSA) is 76.5 Å². The molecule has 0 radical (unpaired) electrons. The molecular weight excluding hydrogens is 438 g/mol. The number of nitrogens with zero attached hydrogens (tertiary/aromatic N) is 5. The molecule has 1 amide bonds. The fraction of sp³-hybridized carbons (Fsp3) is 0.200. The van der Waals surface area contributed by atoms with Gasteiger partial charge in [-0.3, -0.25) is 4.79 Å². The zero-order chi connectivity index (χ0) is 20.5. The molecule has 0 aromatic carbocycles. The smallest absolute Gasteiger partial charge is 0.253 e. The number of hydrogen-bond donors (Lipinski definition) is 0. The molecule has 0 fully saturated rings. The fourth-order valence-corrected chi connectivity index (χ4v) is 5.58. The molecule has 1 unspecified atom stereocenters. The van der Waals surface area contributed by atoms with Gasteiger partial charge in [-0.05, 0) is 35.0 Å². The Balaban J connectivity index is 1.34. The minimum absolute atomic E-state index is 0.0486. The molecule has 152 valence electrons. The molecule has 0 saturated heterocycles. The van der Waals surface area contributed by atoms with Crippen molar-refractivity contribution in [3.63, 3.8) is 0 Å². The molecule has 0 bridgehead atoms. The van der Waals surface area contributed by atoms with Crippen molar-refractivity contribution in [2.45, 2.75) is 17.6 Å². The van der Waals surface area contributed by atoms with Crippen LogP contribution in [0.4, 0.5) is 0 Å². The van der Waals surface area contributed by atoms with E-state index in [4.69, 9.17) is 9.52 Å². The standard InChI is InChI=1S/C20H17N5O2S3/c1-24-19(15-5-2-8-27-15)21-22-20(24)30-12-18(26)25-14(17-7-4-10-29-17)11-13(23-25)16-6-3-9-28-16/h2-10,14H,11-12H2,1H3. The highest BCUT2D eigenvalue weighted by atomic mass is 32.2. The van der Waals surface area contributed by atoms with E-state index in [1.165, 1.54) is 11.8 Å². The van der Waals surface area contributed by atoms with Crippen molar-refractivity contribution in [3.8, 4) is 11.6 Å². The number of furan rings is 1. The molecule has 0 saturated carbocycles. The zero-order valence-corrected chi connectivity index (χ0v) is 18.4. The van der Waals surface area contributed by atoms with E-state index < -0.39 is 0 Å². The van der Waals surface area contributed by atoms with E-state index in [2.05, 4.69) is 16.3 Å². The second-order valence-corrected chi connectivity index (χ2v) is 9.50. The summed E-state index contributed by atoms with van der Waals surface area (Å²) in [6.07, 6.45) is 2.33. The van der Waals surface area contributed by atoms with Gasteiger partial charge in [0.2, 0.25) is 0 Å². The van der Waals surface area contributed by atoms with E-state index in [1.807, 2.05) is 52.7 Å². The Bertz CT molecular complexity index is 1160. The van der Waals surface area contributed by atoms with Gasteiger partial charge in [0.05, 0.1) is 28.6 Å². The van der Waals surface area contributed by atoms with Crippen LogP contribution in [0.1, 0.15) is 22.2 Å². The average molecular weight is 456 g/mol. The van der Waals surface area contributed by atoms with Gasteiger partial charge >= 0.3 is 0 Å². The lowest BCUT2D eigenvalue weighted by Gasteiger charge is -2.20. The summed E-state index contributed by atoms with van der Waals surface area (Å²) in [7, 11) is 1.86. The van der Waals surface area contributed by atoms with Crippen molar-refractivity contribution >= 4 is 46.1 Å². The molecule has 0 aliphatic carbocycles. The van der Waals surface area contributed by atoms with Crippen molar-refractivity contribution < 1.29 is 9.21 Å². The summed E-state index contributed by atoms with van der Waals surface area (Å²) in [5.41, 5.74) is 0.959. The van der Waals surface area contributed by atoms with E-state index in [0.717, 1.165) is 21.9 Å². The molecule has 30 heavy (non-hydrogen) atoms. The molecule has 5 rings (SSSR count). The summed E-state index contributed by atoms with van der Waals surface area (Å²) >= 11 is 4.65. The van der Waals surface area contributed by atoms with Gasteiger partial charge < -0.3 is 8.98 Å². The summed E-state index contributed by atoms with van der Waals surface area (Å²) < 4.78 is 7.23. The first-order valence-electron chi connectivity index (χ1n) is 9.23. The summed E-state index contributed by atoms with van der Waals surface area (Å²) in [6, 6.07) is 11.7. The summed E-state index contributed by atoms with van der Waals surface area (Å²) in [5, 5.41) is 19.4. The number of amides is 1. The van der Waals surface area contributed by atoms with E-state index in [0.29, 0.717) is 16.7 Å². The highest BCUT2D eigenvalue weighted by molar-refractivity contribution is 7.99. The van der Waals surface area contributed by atoms with Crippen LogP contribution in [0.2, 0.25) is 0 Å². The maximum absolute atomic E-state index is 13.1.